The van der Waals surface area contributed by atoms with E-state index in [4.69, 9.17) is 9.26 Å². The molecule has 0 aromatic carbocycles. The summed E-state index contributed by atoms with van der Waals surface area (Å²) in [6.45, 7) is 6.14. The minimum atomic E-state index is -1.37. The number of hydrogen-bond donors (Lipinski definition) is 2. The van der Waals surface area contributed by atoms with Crippen molar-refractivity contribution in [2.75, 3.05) is 5.32 Å². The Morgan fingerprint density at radius 1 is 1.23 bits per heavy atom. The highest BCUT2D eigenvalue weighted by molar-refractivity contribution is 7.17. The molecule has 9 heteroatoms. The summed E-state index contributed by atoms with van der Waals surface area (Å²) >= 11 is 1.54. The molecule has 0 atom stereocenters. The molecule has 31 heavy (non-hydrogen) atoms. The summed E-state index contributed by atoms with van der Waals surface area (Å²) in [5.41, 5.74) is 2.36. The molecule has 0 spiro atoms. The Morgan fingerprint density at radius 3 is 2.58 bits per heavy atom. The fraction of sp³-hybridized carbons (Fsp3) is 0.545. The van der Waals surface area contributed by atoms with Gasteiger partial charge in [-0.1, -0.05) is 19.0 Å². The van der Waals surface area contributed by atoms with Crippen LogP contribution < -0.4 is 5.32 Å². The number of thiophene rings is 1. The maximum atomic E-state index is 13.4. The minimum absolute atomic E-state index is 0.00724. The molecule has 2 aromatic rings. The second-order valence-corrected chi connectivity index (χ2v) is 10.4. The third kappa shape index (κ3) is 3.35. The highest BCUT2D eigenvalue weighted by Gasteiger charge is 2.42. The molecule has 2 N–H and O–H groups in total. The summed E-state index contributed by atoms with van der Waals surface area (Å²) < 4.78 is 10.6. The first-order valence-electron chi connectivity index (χ1n) is 10.7. The lowest BCUT2D eigenvalue weighted by molar-refractivity contribution is -0.114. The van der Waals surface area contributed by atoms with Gasteiger partial charge in [-0.2, -0.15) is 4.98 Å². The van der Waals surface area contributed by atoms with Crippen LogP contribution >= 0.6 is 11.3 Å². The van der Waals surface area contributed by atoms with Gasteiger partial charge in [0, 0.05) is 10.8 Å². The van der Waals surface area contributed by atoms with Gasteiger partial charge in [0.15, 0.2) is 5.82 Å². The van der Waals surface area contributed by atoms with Crippen LogP contribution in [-0.2, 0) is 21.4 Å². The lowest BCUT2D eigenvalue weighted by Gasteiger charge is -2.37. The van der Waals surface area contributed by atoms with E-state index >= 15 is 0 Å². The maximum Gasteiger partial charge on any atom is 0.511 e. The molecule has 1 fully saturated rings. The van der Waals surface area contributed by atoms with Gasteiger partial charge in [0.1, 0.15) is 10.8 Å². The molecule has 1 amide bonds. The number of carbonyl (C=O) groups excluding carboxylic acids is 1. The molecule has 2 aromatic heterocycles. The Bertz CT molecular complexity index is 1100. The zero-order chi connectivity index (χ0) is 21.9. The Hall–Kier alpha value is -2.68. The first kappa shape index (κ1) is 20.2. The average molecular weight is 444 g/mol. The third-order valence-corrected chi connectivity index (χ3v) is 7.98. The summed E-state index contributed by atoms with van der Waals surface area (Å²) in [6.07, 6.45) is 4.06. The standard InChI is InChI=1S/C22H25N3O5S/c1-10-23-19(30-25-10)15-16-13(8-9-22(16,2)3)31-20(15)24-18(26)14-11-4-6-12(7-5-11)17(14)29-21(27)28/h11-12H,4-9H2,1-3H3,(H,24,26)(H,27,28). The van der Waals surface area contributed by atoms with Crippen molar-refractivity contribution in [2.45, 2.75) is 64.7 Å². The number of anilines is 1. The van der Waals surface area contributed by atoms with E-state index in [0.29, 0.717) is 28.0 Å². The smallest absolute Gasteiger partial charge is 0.449 e. The number of nitrogens with zero attached hydrogens (tertiary/aromatic N) is 2. The fourth-order valence-corrected chi connectivity index (χ4v) is 6.74. The van der Waals surface area contributed by atoms with Crippen LogP contribution in [0.4, 0.5) is 9.80 Å². The van der Waals surface area contributed by atoms with Crippen molar-refractivity contribution in [1.82, 2.24) is 10.1 Å². The number of nitrogens with one attached hydrogen (secondary N) is 1. The van der Waals surface area contributed by atoms with E-state index in [0.717, 1.165) is 49.7 Å². The van der Waals surface area contributed by atoms with E-state index in [1.54, 1.807) is 18.3 Å². The SMILES string of the molecule is Cc1noc(-c2c(NC(=O)C3=C(OC(=O)O)C4CCC3CC4)sc3c2C(C)(C)CC3)n1. The van der Waals surface area contributed by atoms with Crippen molar-refractivity contribution >= 4 is 28.4 Å². The van der Waals surface area contributed by atoms with E-state index in [2.05, 4.69) is 29.3 Å². The molecule has 8 nitrogen and oxygen atoms in total. The Balaban J connectivity index is 1.56. The van der Waals surface area contributed by atoms with Gasteiger partial charge < -0.3 is 19.7 Å². The molecule has 0 unspecified atom stereocenters. The molecule has 1 saturated carbocycles. The van der Waals surface area contributed by atoms with E-state index in [9.17, 15) is 14.7 Å². The van der Waals surface area contributed by atoms with Crippen molar-refractivity contribution in [3.8, 4) is 11.5 Å². The predicted molar refractivity (Wildman–Crippen MR) is 114 cm³/mol. The first-order valence-corrected chi connectivity index (χ1v) is 11.5. The van der Waals surface area contributed by atoms with Crippen LogP contribution in [0.2, 0.25) is 0 Å². The van der Waals surface area contributed by atoms with Gasteiger partial charge in [-0.3, -0.25) is 4.79 Å². The molecule has 4 aliphatic carbocycles. The van der Waals surface area contributed by atoms with E-state index in [1.807, 2.05) is 0 Å². The number of amides is 1. The van der Waals surface area contributed by atoms with Crippen LogP contribution in [0, 0.1) is 18.8 Å². The quantitative estimate of drug-likeness (QED) is 0.636. The lowest BCUT2D eigenvalue weighted by atomic mass is 9.70. The van der Waals surface area contributed by atoms with Gasteiger partial charge in [-0.05, 0) is 62.3 Å². The highest BCUT2D eigenvalue weighted by atomic mass is 32.1. The molecular weight excluding hydrogens is 418 g/mol. The number of allylic oxidation sites excluding steroid dienone is 1. The second kappa shape index (κ2) is 7.19. The summed E-state index contributed by atoms with van der Waals surface area (Å²) in [6, 6.07) is 0. The summed E-state index contributed by atoms with van der Waals surface area (Å²) in [5.74, 6) is 0.991. The van der Waals surface area contributed by atoms with Gasteiger partial charge in [0.25, 0.3) is 11.8 Å². The highest BCUT2D eigenvalue weighted by Crippen LogP contribution is 2.52. The van der Waals surface area contributed by atoms with E-state index in [-0.39, 0.29) is 23.2 Å². The molecule has 0 aliphatic heterocycles. The van der Waals surface area contributed by atoms with E-state index < -0.39 is 6.16 Å². The van der Waals surface area contributed by atoms with Crippen molar-refractivity contribution in [2.24, 2.45) is 11.8 Å². The van der Waals surface area contributed by atoms with Gasteiger partial charge in [-0.15, -0.1) is 11.3 Å². The maximum absolute atomic E-state index is 13.4. The molecular formula is C22H25N3O5S. The van der Waals surface area contributed by atoms with Crippen LogP contribution in [0.15, 0.2) is 15.9 Å². The van der Waals surface area contributed by atoms with Crippen LogP contribution in [-0.4, -0.2) is 27.3 Å². The van der Waals surface area contributed by atoms with Crippen LogP contribution in [0.5, 0.6) is 0 Å². The number of aryl methyl sites for hydroxylation is 2. The summed E-state index contributed by atoms with van der Waals surface area (Å²) in [4.78, 5) is 30.3. The molecule has 4 aliphatic rings. The lowest BCUT2D eigenvalue weighted by Crippen LogP contribution is -2.34. The number of carbonyl (C=O) groups is 2. The molecule has 2 heterocycles. The predicted octanol–water partition coefficient (Wildman–Crippen LogP) is 5.04. The largest absolute Gasteiger partial charge is 0.511 e. The number of aromatic nitrogens is 2. The molecule has 164 valence electrons. The number of carboxylic acid groups (broad SMARTS) is 1. The van der Waals surface area contributed by atoms with Crippen LogP contribution in [0.3, 0.4) is 0 Å². The molecule has 0 saturated heterocycles. The second-order valence-electron chi connectivity index (χ2n) is 9.28. The number of ether oxygens (including phenoxy) is 1. The Kier molecular flexibility index (Phi) is 4.69. The Morgan fingerprint density at radius 2 is 1.94 bits per heavy atom. The molecule has 0 radical (unpaired) electrons. The fourth-order valence-electron chi connectivity index (χ4n) is 5.38. The minimum Gasteiger partial charge on any atom is -0.449 e. The number of hydrogen-bond acceptors (Lipinski definition) is 7. The van der Waals surface area contributed by atoms with E-state index in [1.165, 1.54) is 4.88 Å². The van der Waals surface area contributed by atoms with Gasteiger partial charge in [0.2, 0.25) is 0 Å². The third-order valence-electron chi connectivity index (χ3n) is 6.82. The Labute approximate surface area is 183 Å². The average Bonchev–Trinajstić information content (AvgIpc) is 3.37. The molecule has 2 bridgehead atoms. The zero-order valence-electron chi connectivity index (χ0n) is 17.8. The zero-order valence-corrected chi connectivity index (χ0v) is 18.6. The first-order chi connectivity index (χ1) is 14.7. The van der Waals surface area contributed by atoms with Crippen LogP contribution in [0.25, 0.3) is 11.5 Å². The van der Waals surface area contributed by atoms with Crippen LogP contribution in [0.1, 0.15) is 62.2 Å². The van der Waals surface area contributed by atoms with Gasteiger partial charge in [-0.25, -0.2) is 4.79 Å². The molecule has 6 rings (SSSR count). The van der Waals surface area contributed by atoms with Gasteiger partial charge >= 0.3 is 6.16 Å². The number of rotatable bonds is 4. The normalized spacial score (nSPS) is 23.7. The van der Waals surface area contributed by atoms with Crippen molar-refractivity contribution in [1.29, 1.82) is 0 Å². The van der Waals surface area contributed by atoms with Crippen molar-refractivity contribution in [3.05, 3.63) is 27.6 Å². The topological polar surface area (TPSA) is 115 Å². The van der Waals surface area contributed by atoms with Crippen molar-refractivity contribution < 1.29 is 24.0 Å². The summed E-state index contributed by atoms with van der Waals surface area (Å²) in [7, 11) is 0. The van der Waals surface area contributed by atoms with Gasteiger partial charge in [0.05, 0.1) is 11.1 Å². The van der Waals surface area contributed by atoms with Crippen molar-refractivity contribution in [3.63, 3.8) is 0 Å². The monoisotopic (exact) mass is 443 g/mol. The summed E-state index contributed by atoms with van der Waals surface area (Å²) in [5, 5.41) is 16.9. The number of fused-ring (bicyclic) bond motifs is 3.